The molecule has 25 heavy (non-hydrogen) atoms. The normalized spacial score (nSPS) is 14.1. The largest absolute Gasteiger partial charge is 0.480 e. The highest BCUT2D eigenvalue weighted by Gasteiger charge is 2.28. The molecule has 0 radical (unpaired) electrons. The minimum atomic E-state index is -1.22. The van der Waals surface area contributed by atoms with Gasteiger partial charge in [-0.25, -0.2) is 4.79 Å². The number of carbonyl (C=O) groups excluding carboxylic acids is 3. The molecule has 0 aliphatic carbocycles. The molecule has 0 aliphatic heterocycles. The summed E-state index contributed by atoms with van der Waals surface area (Å²) in [6.07, 6.45) is 2.13. The first kappa shape index (κ1) is 23.9. The molecule has 0 bridgehead atoms. The maximum absolute atomic E-state index is 12.3. The molecule has 0 fully saturated rings. The van der Waals surface area contributed by atoms with Crippen molar-refractivity contribution in [3.63, 3.8) is 0 Å². The number of nitrogens with one attached hydrogen (secondary N) is 3. The van der Waals surface area contributed by atoms with E-state index in [4.69, 9.17) is 10.8 Å². The average Bonchev–Trinajstić information content (AvgIpc) is 2.59. The van der Waals surface area contributed by atoms with Gasteiger partial charge in [-0.3, -0.25) is 14.4 Å². The fourth-order valence-electron chi connectivity index (χ4n) is 1.68. The number of amides is 3. The molecule has 0 aliphatic rings. The second-order valence-corrected chi connectivity index (χ2v) is 6.65. The van der Waals surface area contributed by atoms with Crippen molar-refractivity contribution in [2.45, 2.75) is 24.5 Å². The van der Waals surface area contributed by atoms with Crippen molar-refractivity contribution in [2.75, 3.05) is 30.1 Å². The van der Waals surface area contributed by atoms with Crippen LogP contribution in [0.15, 0.2) is 0 Å². The molecule has 9 nitrogen and oxygen atoms in total. The third-order valence-electron chi connectivity index (χ3n) is 3.06. The van der Waals surface area contributed by atoms with Crippen molar-refractivity contribution >= 4 is 60.7 Å². The van der Waals surface area contributed by atoms with Gasteiger partial charge in [-0.1, -0.05) is 0 Å². The van der Waals surface area contributed by atoms with E-state index in [1.807, 2.05) is 6.26 Å². The van der Waals surface area contributed by atoms with Gasteiger partial charge in [0.1, 0.15) is 18.1 Å². The van der Waals surface area contributed by atoms with E-state index in [-0.39, 0.29) is 18.1 Å². The predicted octanol–water partition coefficient (Wildman–Crippen LogP) is -1.90. The van der Waals surface area contributed by atoms with Crippen LogP contribution >= 0.6 is 37.0 Å². The Morgan fingerprint density at radius 1 is 1.00 bits per heavy atom. The third-order valence-corrected chi connectivity index (χ3v) is 4.43. The molecule has 144 valence electrons. The van der Waals surface area contributed by atoms with Crippen molar-refractivity contribution < 1.29 is 24.3 Å². The zero-order chi connectivity index (χ0) is 19.4. The molecular weight excluding hydrogens is 388 g/mol. The van der Waals surface area contributed by atoms with Gasteiger partial charge in [-0.15, -0.1) is 0 Å². The third kappa shape index (κ3) is 9.23. The van der Waals surface area contributed by atoms with Crippen LogP contribution in [-0.2, 0) is 19.2 Å². The Hall–Kier alpha value is -1.11. The zero-order valence-electron chi connectivity index (χ0n) is 13.7. The summed E-state index contributed by atoms with van der Waals surface area (Å²) in [5.74, 6) is -2.49. The number of hydrogen-bond acceptors (Lipinski definition) is 8. The van der Waals surface area contributed by atoms with Crippen LogP contribution in [0.25, 0.3) is 0 Å². The van der Waals surface area contributed by atoms with E-state index < -0.39 is 41.8 Å². The summed E-state index contributed by atoms with van der Waals surface area (Å²) in [4.78, 5) is 46.9. The summed E-state index contributed by atoms with van der Waals surface area (Å²) in [5.41, 5.74) is 5.19. The molecular formula is C13H24N4O5S3. The summed E-state index contributed by atoms with van der Waals surface area (Å²) in [5, 5.41) is 16.2. The summed E-state index contributed by atoms with van der Waals surface area (Å²) >= 11 is 9.35. The van der Waals surface area contributed by atoms with E-state index in [0.29, 0.717) is 12.2 Å². The van der Waals surface area contributed by atoms with Crippen molar-refractivity contribution in [3.05, 3.63) is 0 Å². The number of carboxylic acids is 1. The highest BCUT2D eigenvalue weighted by molar-refractivity contribution is 7.98. The topological polar surface area (TPSA) is 151 Å². The highest BCUT2D eigenvalue weighted by Crippen LogP contribution is 2.03. The van der Waals surface area contributed by atoms with Crippen LogP contribution in [0.5, 0.6) is 0 Å². The number of thiol groups is 2. The molecule has 6 N–H and O–H groups in total. The molecule has 3 unspecified atom stereocenters. The Kier molecular flexibility index (Phi) is 12.6. The Balaban J connectivity index is 5.00. The molecule has 0 saturated heterocycles. The molecule has 0 aromatic heterocycles. The summed E-state index contributed by atoms with van der Waals surface area (Å²) < 4.78 is 0. The number of nitrogens with two attached hydrogens (primary N) is 1. The fraction of sp³-hybridized carbons (Fsp3) is 0.692. The maximum atomic E-state index is 12.3. The fourth-order valence-corrected chi connectivity index (χ4v) is 2.66. The zero-order valence-corrected chi connectivity index (χ0v) is 16.3. The van der Waals surface area contributed by atoms with Gasteiger partial charge < -0.3 is 26.8 Å². The molecule has 12 heteroatoms. The maximum Gasteiger partial charge on any atom is 0.327 e. The molecule has 0 heterocycles. The van der Waals surface area contributed by atoms with Gasteiger partial charge >= 0.3 is 5.97 Å². The van der Waals surface area contributed by atoms with Crippen LogP contribution in [0.1, 0.15) is 6.42 Å². The second-order valence-electron chi connectivity index (χ2n) is 4.93. The van der Waals surface area contributed by atoms with Crippen molar-refractivity contribution in [3.8, 4) is 0 Å². The van der Waals surface area contributed by atoms with E-state index >= 15 is 0 Å². The van der Waals surface area contributed by atoms with Gasteiger partial charge in [0, 0.05) is 11.5 Å². The SMILES string of the molecule is CSCCC(NC(=O)C(CS)NC(=O)CN)C(=O)NC(CS)C(=O)O. The predicted molar refractivity (Wildman–Crippen MR) is 103 cm³/mol. The Bertz CT molecular complexity index is 481. The van der Waals surface area contributed by atoms with Gasteiger partial charge in [0.2, 0.25) is 17.7 Å². The number of carboxylic acid groups (broad SMARTS) is 1. The smallest absolute Gasteiger partial charge is 0.327 e. The van der Waals surface area contributed by atoms with Crippen molar-refractivity contribution in [1.82, 2.24) is 16.0 Å². The Labute approximate surface area is 161 Å². The van der Waals surface area contributed by atoms with E-state index in [9.17, 15) is 19.2 Å². The number of carbonyl (C=O) groups is 4. The lowest BCUT2D eigenvalue weighted by Gasteiger charge is -2.23. The molecule has 0 aromatic carbocycles. The van der Waals surface area contributed by atoms with E-state index in [2.05, 4.69) is 41.2 Å². The standard InChI is InChI=1S/C13H24N4O5S3/c1-25-3-2-7(11(19)17-9(6-24)13(21)22)16-12(20)8(5-23)15-10(18)4-14/h7-9,23-24H,2-6,14H2,1H3,(H,15,18)(H,16,20)(H,17,19)(H,21,22). The monoisotopic (exact) mass is 412 g/mol. The lowest BCUT2D eigenvalue weighted by atomic mass is 10.1. The van der Waals surface area contributed by atoms with Crippen LogP contribution in [0, 0.1) is 0 Å². The van der Waals surface area contributed by atoms with Crippen molar-refractivity contribution in [1.29, 1.82) is 0 Å². The minimum Gasteiger partial charge on any atom is -0.480 e. The number of aliphatic carboxylic acids is 1. The van der Waals surface area contributed by atoms with Crippen LogP contribution in [-0.4, -0.2) is 77.0 Å². The van der Waals surface area contributed by atoms with Crippen LogP contribution in [0.2, 0.25) is 0 Å². The molecule has 0 spiro atoms. The summed E-state index contributed by atoms with van der Waals surface area (Å²) in [6.45, 7) is -0.282. The van der Waals surface area contributed by atoms with E-state index in [0.717, 1.165) is 0 Å². The Morgan fingerprint density at radius 3 is 1.96 bits per heavy atom. The van der Waals surface area contributed by atoms with Gasteiger partial charge in [0.15, 0.2) is 0 Å². The summed E-state index contributed by atoms with van der Waals surface area (Å²) in [7, 11) is 0. The first-order valence-electron chi connectivity index (χ1n) is 7.34. The van der Waals surface area contributed by atoms with E-state index in [1.54, 1.807) is 0 Å². The van der Waals surface area contributed by atoms with Crippen molar-refractivity contribution in [2.24, 2.45) is 5.73 Å². The molecule has 0 saturated carbocycles. The number of thioether (sulfide) groups is 1. The first-order valence-corrected chi connectivity index (χ1v) is 10.00. The number of hydrogen-bond donors (Lipinski definition) is 7. The van der Waals surface area contributed by atoms with Crippen LogP contribution in [0.3, 0.4) is 0 Å². The van der Waals surface area contributed by atoms with Gasteiger partial charge in [0.05, 0.1) is 6.54 Å². The van der Waals surface area contributed by atoms with Crippen LogP contribution < -0.4 is 21.7 Å². The average molecular weight is 413 g/mol. The lowest BCUT2D eigenvalue weighted by Crippen LogP contribution is -2.57. The molecule has 3 atom stereocenters. The number of rotatable bonds is 12. The highest BCUT2D eigenvalue weighted by atomic mass is 32.2. The second kappa shape index (κ2) is 13.1. The lowest BCUT2D eigenvalue weighted by molar-refractivity contribution is -0.141. The van der Waals surface area contributed by atoms with Crippen LogP contribution in [0.4, 0.5) is 0 Å². The first-order chi connectivity index (χ1) is 11.8. The Morgan fingerprint density at radius 2 is 1.52 bits per heavy atom. The van der Waals surface area contributed by atoms with Gasteiger partial charge in [0.25, 0.3) is 0 Å². The van der Waals surface area contributed by atoms with Gasteiger partial charge in [-0.05, 0) is 18.4 Å². The molecule has 3 amide bonds. The summed E-state index contributed by atoms with van der Waals surface area (Å²) in [6, 6.07) is -3.06. The van der Waals surface area contributed by atoms with Gasteiger partial charge in [-0.2, -0.15) is 37.0 Å². The quantitative estimate of drug-likeness (QED) is 0.185. The van der Waals surface area contributed by atoms with E-state index in [1.165, 1.54) is 11.8 Å². The molecule has 0 aromatic rings. The molecule has 0 rings (SSSR count). The minimum absolute atomic E-state index is 0.0167.